The van der Waals surface area contributed by atoms with E-state index in [9.17, 15) is 8.78 Å². The normalized spacial score (nSPS) is 10.8. The van der Waals surface area contributed by atoms with E-state index in [1.165, 1.54) is 6.07 Å². The van der Waals surface area contributed by atoms with Gasteiger partial charge in [-0.25, -0.2) is 13.8 Å². The molecule has 0 saturated carbocycles. The molecule has 0 aliphatic heterocycles. The van der Waals surface area contributed by atoms with Gasteiger partial charge in [0.25, 0.3) is 6.43 Å². The van der Waals surface area contributed by atoms with Crippen molar-refractivity contribution in [2.24, 2.45) is 5.73 Å². The van der Waals surface area contributed by atoms with Crippen molar-refractivity contribution >= 4 is 28.4 Å². The van der Waals surface area contributed by atoms with Gasteiger partial charge >= 0.3 is 0 Å². The zero-order valence-electron chi connectivity index (χ0n) is 6.60. The molecule has 0 aliphatic rings. The van der Waals surface area contributed by atoms with Crippen LogP contribution in [0.2, 0.25) is 0 Å². The standard InChI is InChI=1S/C7H8F2IN3/c8-6(9)5-3(2-11)1-4(10)7(12)13-5/h1,6H,2,11H2,(H2,12,13). The van der Waals surface area contributed by atoms with Crippen molar-refractivity contribution in [1.82, 2.24) is 4.98 Å². The second kappa shape index (κ2) is 4.14. The van der Waals surface area contributed by atoms with Crippen molar-refractivity contribution < 1.29 is 8.78 Å². The second-order valence-corrected chi connectivity index (χ2v) is 3.57. The zero-order chi connectivity index (χ0) is 10.0. The highest BCUT2D eigenvalue weighted by Crippen LogP contribution is 2.24. The summed E-state index contributed by atoms with van der Waals surface area (Å²) in [6.07, 6.45) is -2.63. The number of alkyl halides is 2. The van der Waals surface area contributed by atoms with E-state index in [1.807, 2.05) is 22.6 Å². The molecule has 1 rings (SSSR count). The number of hydrogen-bond acceptors (Lipinski definition) is 3. The fraction of sp³-hybridized carbons (Fsp3) is 0.286. The summed E-state index contributed by atoms with van der Waals surface area (Å²) < 4.78 is 25.3. The van der Waals surface area contributed by atoms with E-state index >= 15 is 0 Å². The van der Waals surface area contributed by atoms with Crippen molar-refractivity contribution in [2.45, 2.75) is 13.0 Å². The summed E-state index contributed by atoms with van der Waals surface area (Å²) in [6, 6.07) is 1.53. The van der Waals surface area contributed by atoms with Crippen LogP contribution in [0.5, 0.6) is 0 Å². The third-order valence-electron chi connectivity index (χ3n) is 1.54. The molecule has 0 amide bonds. The van der Waals surface area contributed by atoms with E-state index in [0.29, 0.717) is 9.13 Å². The Morgan fingerprint density at radius 2 is 2.15 bits per heavy atom. The third-order valence-corrected chi connectivity index (χ3v) is 2.41. The minimum atomic E-state index is -2.63. The number of nitrogen functional groups attached to an aromatic ring is 1. The average molecular weight is 299 g/mol. The van der Waals surface area contributed by atoms with Crippen LogP contribution in [0.3, 0.4) is 0 Å². The molecule has 0 spiro atoms. The molecule has 0 radical (unpaired) electrons. The Bertz CT molecular complexity index is 317. The minimum absolute atomic E-state index is 0.0446. The summed E-state index contributed by atoms with van der Waals surface area (Å²) in [5.74, 6) is 0.119. The van der Waals surface area contributed by atoms with Gasteiger partial charge in [0.2, 0.25) is 0 Å². The quantitative estimate of drug-likeness (QED) is 0.816. The van der Waals surface area contributed by atoms with Crippen LogP contribution in [0.25, 0.3) is 0 Å². The summed E-state index contributed by atoms with van der Waals surface area (Å²) in [4.78, 5) is 3.58. The first-order valence-corrected chi connectivity index (χ1v) is 4.57. The van der Waals surface area contributed by atoms with Crippen molar-refractivity contribution in [2.75, 3.05) is 5.73 Å². The van der Waals surface area contributed by atoms with Gasteiger partial charge in [-0.3, -0.25) is 0 Å². The predicted octanol–water partition coefficient (Wildman–Crippen LogP) is 1.66. The van der Waals surface area contributed by atoms with Crippen molar-refractivity contribution in [3.63, 3.8) is 0 Å². The third kappa shape index (κ3) is 2.25. The predicted molar refractivity (Wildman–Crippen MR) is 54.2 cm³/mol. The zero-order valence-corrected chi connectivity index (χ0v) is 8.76. The summed E-state index contributed by atoms with van der Waals surface area (Å²) in [5, 5.41) is 0. The lowest BCUT2D eigenvalue weighted by Crippen LogP contribution is -2.08. The Labute approximate surface area is 87.7 Å². The Hall–Kier alpha value is -0.500. The van der Waals surface area contributed by atoms with Crippen LogP contribution in [-0.2, 0) is 6.54 Å². The van der Waals surface area contributed by atoms with Gasteiger partial charge in [-0.1, -0.05) is 0 Å². The summed E-state index contributed by atoms with van der Waals surface area (Å²) in [5.41, 5.74) is 10.7. The Morgan fingerprint density at radius 1 is 1.54 bits per heavy atom. The molecule has 0 saturated heterocycles. The SMILES string of the molecule is NCc1cc(I)c(N)nc1C(F)F. The maximum absolute atomic E-state index is 12.4. The smallest absolute Gasteiger partial charge is 0.280 e. The summed E-state index contributed by atoms with van der Waals surface area (Å²) >= 11 is 1.93. The van der Waals surface area contributed by atoms with Gasteiger partial charge in [0.15, 0.2) is 0 Å². The fourth-order valence-electron chi connectivity index (χ4n) is 0.908. The molecule has 6 heteroatoms. The van der Waals surface area contributed by atoms with E-state index in [2.05, 4.69) is 4.98 Å². The summed E-state index contributed by atoms with van der Waals surface area (Å²) in [6.45, 7) is 0.0446. The molecule has 1 heterocycles. The largest absolute Gasteiger partial charge is 0.383 e. The Balaban J connectivity index is 3.25. The van der Waals surface area contributed by atoms with Crippen molar-refractivity contribution in [1.29, 1.82) is 0 Å². The number of rotatable bonds is 2. The highest BCUT2D eigenvalue weighted by atomic mass is 127. The molecule has 0 aromatic carbocycles. The lowest BCUT2D eigenvalue weighted by atomic mass is 10.2. The highest BCUT2D eigenvalue weighted by Gasteiger charge is 2.15. The van der Waals surface area contributed by atoms with Gasteiger partial charge in [0, 0.05) is 6.54 Å². The first-order chi connectivity index (χ1) is 6.06. The maximum Gasteiger partial charge on any atom is 0.280 e. The number of nitrogens with zero attached hydrogens (tertiary/aromatic N) is 1. The monoisotopic (exact) mass is 299 g/mol. The molecule has 1 aromatic rings. The van der Waals surface area contributed by atoms with Gasteiger partial charge in [-0.2, -0.15) is 0 Å². The van der Waals surface area contributed by atoms with Crippen LogP contribution in [0.4, 0.5) is 14.6 Å². The van der Waals surface area contributed by atoms with E-state index in [0.717, 1.165) is 0 Å². The van der Waals surface area contributed by atoms with Gasteiger partial charge in [0.1, 0.15) is 11.5 Å². The van der Waals surface area contributed by atoms with Crippen molar-refractivity contribution in [3.05, 3.63) is 20.9 Å². The van der Waals surface area contributed by atoms with E-state index < -0.39 is 6.43 Å². The van der Waals surface area contributed by atoms with Gasteiger partial charge in [0.05, 0.1) is 3.57 Å². The van der Waals surface area contributed by atoms with Crippen molar-refractivity contribution in [3.8, 4) is 0 Å². The molecular weight excluding hydrogens is 291 g/mol. The molecule has 0 aliphatic carbocycles. The van der Waals surface area contributed by atoms with Gasteiger partial charge in [-0.05, 0) is 34.2 Å². The molecule has 0 atom stereocenters. The Morgan fingerprint density at radius 3 is 2.62 bits per heavy atom. The summed E-state index contributed by atoms with van der Waals surface area (Å²) in [7, 11) is 0. The molecule has 0 unspecified atom stereocenters. The van der Waals surface area contributed by atoms with E-state index in [1.54, 1.807) is 0 Å². The maximum atomic E-state index is 12.4. The molecule has 4 N–H and O–H groups in total. The topological polar surface area (TPSA) is 64.9 Å². The molecule has 0 bridgehead atoms. The number of aromatic nitrogens is 1. The lowest BCUT2D eigenvalue weighted by Gasteiger charge is -2.07. The highest BCUT2D eigenvalue weighted by molar-refractivity contribution is 14.1. The first kappa shape index (κ1) is 10.6. The fourth-order valence-corrected chi connectivity index (χ4v) is 1.40. The molecule has 13 heavy (non-hydrogen) atoms. The number of halogens is 3. The molecule has 72 valence electrons. The second-order valence-electron chi connectivity index (χ2n) is 2.40. The van der Waals surface area contributed by atoms with E-state index in [-0.39, 0.29) is 18.1 Å². The lowest BCUT2D eigenvalue weighted by molar-refractivity contribution is 0.145. The minimum Gasteiger partial charge on any atom is -0.383 e. The van der Waals surface area contributed by atoms with Gasteiger partial charge in [-0.15, -0.1) is 0 Å². The van der Waals surface area contributed by atoms with Crippen LogP contribution in [-0.4, -0.2) is 4.98 Å². The van der Waals surface area contributed by atoms with Crippen LogP contribution in [0, 0.1) is 3.57 Å². The number of hydrogen-bond donors (Lipinski definition) is 2. The number of nitrogens with two attached hydrogens (primary N) is 2. The van der Waals surface area contributed by atoms with Crippen LogP contribution in [0.15, 0.2) is 6.07 Å². The van der Waals surface area contributed by atoms with Gasteiger partial charge < -0.3 is 11.5 Å². The van der Waals surface area contributed by atoms with Crippen LogP contribution >= 0.6 is 22.6 Å². The number of pyridine rings is 1. The van der Waals surface area contributed by atoms with E-state index in [4.69, 9.17) is 11.5 Å². The molecule has 0 fully saturated rings. The molecular formula is C7H8F2IN3. The average Bonchev–Trinajstić information content (AvgIpc) is 2.08. The van der Waals surface area contributed by atoms with Crippen LogP contribution in [0.1, 0.15) is 17.7 Å². The van der Waals surface area contributed by atoms with Crippen LogP contribution < -0.4 is 11.5 Å². The number of anilines is 1. The Kier molecular flexibility index (Phi) is 3.37. The molecule has 3 nitrogen and oxygen atoms in total. The first-order valence-electron chi connectivity index (χ1n) is 3.49. The molecule has 1 aromatic heterocycles.